The van der Waals surface area contributed by atoms with Gasteiger partial charge >= 0.3 is 11.9 Å². The average molecular weight is 485 g/mol. The van der Waals surface area contributed by atoms with Gasteiger partial charge in [0, 0.05) is 35.5 Å². The van der Waals surface area contributed by atoms with Crippen LogP contribution in [0.15, 0.2) is 59.8 Å². The minimum atomic E-state index is -0.758. The molecule has 12 heteroatoms. The molecule has 0 aliphatic rings. The van der Waals surface area contributed by atoms with Crippen molar-refractivity contribution in [3.63, 3.8) is 0 Å². The van der Waals surface area contributed by atoms with Crippen molar-refractivity contribution in [2.24, 2.45) is 0 Å². The number of amides is 1. The van der Waals surface area contributed by atoms with E-state index in [4.69, 9.17) is 9.47 Å². The highest BCUT2D eigenvalue weighted by Gasteiger charge is 2.23. The van der Waals surface area contributed by atoms with Gasteiger partial charge in [-0.3, -0.25) is 25.0 Å². The SMILES string of the molecule is CCOC(=O)C(C)=C(C)N(CCOC(=O)c1ccc([N+](=O)[O-])cc1)C(=O)c1ccc([N+](=O)[O-])cc1. The number of esters is 2. The molecule has 1 amide bonds. The Balaban J connectivity index is 2.23. The largest absolute Gasteiger partial charge is 0.463 e. The van der Waals surface area contributed by atoms with Gasteiger partial charge < -0.3 is 14.4 Å². The van der Waals surface area contributed by atoms with Gasteiger partial charge in [0.1, 0.15) is 6.61 Å². The Morgan fingerprint density at radius 3 is 1.77 bits per heavy atom. The van der Waals surface area contributed by atoms with E-state index in [1.165, 1.54) is 55.1 Å². The van der Waals surface area contributed by atoms with Gasteiger partial charge in [-0.2, -0.15) is 0 Å². The normalized spacial score (nSPS) is 11.2. The first kappa shape index (κ1) is 26.6. The zero-order valence-corrected chi connectivity index (χ0v) is 19.3. The first-order valence-electron chi connectivity index (χ1n) is 10.4. The molecule has 2 aromatic carbocycles. The summed E-state index contributed by atoms with van der Waals surface area (Å²) in [4.78, 5) is 59.3. The smallest absolute Gasteiger partial charge is 0.338 e. The number of nitro benzene ring substituents is 2. The molecule has 184 valence electrons. The number of ether oxygens (including phenoxy) is 2. The second-order valence-corrected chi connectivity index (χ2v) is 7.13. The number of allylic oxidation sites excluding steroid dienone is 1. The summed E-state index contributed by atoms with van der Waals surface area (Å²) in [7, 11) is 0. The minimum absolute atomic E-state index is 0.0822. The molecular formula is C23H23N3O9. The van der Waals surface area contributed by atoms with Crippen LogP contribution in [-0.4, -0.2) is 52.4 Å². The van der Waals surface area contributed by atoms with Gasteiger partial charge in [0.25, 0.3) is 17.3 Å². The van der Waals surface area contributed by atoms with E-state index in [0.717, 1.165) is 12.1 Å². The Hall–Kier alpha value is -4.61. The number of nitro groups is 2. The van der Waals surface area contributed by atoms with Crippen LogP contribution in [-0.2, 0) is 14.3 Å². The van der Waals surface area contributed by atoms with Crippen LogP contribution < -0.4 is 0 Å². The predicted octanol–water partition coefficient (Wildman–Crippen LogP) is 3.66. The van der Waals surface area contributed by atoms with E-state index in [0.29, 0.717) is 0 Å². The maximum atomic E-state index is 13.2. The van der Waals surface area contributed by atoms with E-state index in [-0.39, 0.29) is 53.5 Å². The lowest BCUT2D eigenvalue weighted by atomic mass is 10.1. The van der Waals surface area contributed by atoms with Crippen molar-refractivity contribution in [2.45, 2.75) is 20.8 Å². The van der Waals surface area contributed by atoms with Gasteiger partial charge in [0.2, 0.25) is 0 Å². The summed E-state index contributed by atoms with van der Waals surface area (Å²) in [6, 6.07) is 9.74. The number of nitrogens with zero attached hydrogens (tertiary/aromatic N) is 3. The highest BCUT2D eigenvalue weighted by molar-refractivity contribution is 5.97. The van der Waals surface area contributed by atoms with Gasteiger partial charge in [-0.25, -0.2) is 9.59 Å². The molecule has 12 nitrogen and oxygen atoms in total. The molecule has 0 saturated carbocycles. The first-order valence-corrected chi connectivity index (χ1v) is 10.4. The Bertz CT molecular complexity index is 1160. The standard InChI is InChI=1S/C23H23N3O9/c1-4-34-22(28)15(2)16(3)24(21(27)17-5-9-19(10-6-17)25(30)31)13-14-35-23(29)18-7-11-20(12-8-18)26(32)33/h5-12H,4,13-14H2,1-3H3. The molecule has 0 aromatic heterocycles. The summed E-state index contributed by atoms with van der Waals surface area (Å²) >= 11 is 0. The van der Waals surface area contributed by atoms with Crippen LogP contribution in [0.1, 0.15) is 41.5 Å². The summed E-state index contributed by atoms with van der Waals surface area (Å²) in [5.74, 6) is -1.96. The van der Waals surface area contributed by atoms with Gasteiger partial charge in [-0.05, 0) is 45.0 Å². The van der Waals surface area contributed by atoms with Crippen LogP contribution in [0.5, 0.6) is 0 Å². The Morgan fingerprint density at radius 2 is 1.31 bits per heavy atom. The van der Waals surface area contributed by atoms with E-state index in [1.807, 2.05) is 0 Å². The van der Waals surface area contributed by atoms with E-state index < -0.39 is 27.7 Å². The molecule has 0 fully saturated rings. The fraction of sp³-hybridized carbons (Fsp3) is 0.261. The van der Waals surface area contributed by atoms with Crippen molar-refractivity contribution in [3.8, 4) is 0 Å². The summed E-state index contributed by atoms with van der Waals surface area (Å²) in [6.45, 7) is 4.36. The van der Waals surface area contributed by atoms with Gasteiger partial charge in [-0.15, -0.1) is 0 Å². The predicted molar refractivity (Wildman–Crippen MR) is 123 cm³/mol. The van der Waals surface area contributed by atoms with Crippen LogP contribution in [0.25, 0.3) is 0 Å². The number of benzene rings is 2. The maximum Gasteiger partial charge on any atom is 0.338 e. The first-order chi connectivity index (χ1) is 16.6. The number of carbonyl (C=O) groups excluding carboxylic acids is 3. The fourth-order valence-electron chi connectivity index (χ4n) is 2.92. The van der Waals surface area contributed by atoms with Crippen LogP contribution in [0, 0.1) is 20.2 Å². The zero-order chi connectivity index (χ0) is 26.1. The van der Waals surface area contributed by atoms with E-state index in [2.05, 4.69) is 0 Å². The third-order valence-electron chi connectivity index (χ3n) is 4.96. The molecule has 0 radical (unpaired) electrons. The quantitative estimate of drug-likeness (QED) is 0.212. The van der Waals surface area contributed by atoms with Crippen molar-refractivity contribution in [1.82, 2.24) is 4.90 Å². The van der Waals surface area contributed by atoms with Gasteiger partial charge in [-0.1, -0.05) is 0 Å². The van der Waals surface area contributed by atoms with Crippen molar-refractivity contribution in [3.05, 3.63) is 91.2 Å². The van der Waals surface area contributed by atoms with Gasteiger partial charge in [0.05, 0.1) is 34.1 Å². The van der Waals surface area contributed by atoms with Crippen LogP contribution in [0.2, 0.25) is 0 Å². The monoisotopic (exact) mass is 485 g/mol. The molecule has 35 heavy (non-hydrogen) atoms. The fourth-order valence-corrected chi connectivity index (χ4v) is 2.92. The molecular weight excluding hydrogens is 462 g/mol. The molecule has 0 unspecified atom stereocenters. The van der Waals surface area contributed by atoms with Crippen molar-refractivity contribution in [2.75, 3.05) is 19.8 Å². The third kappa shape index (κ3) is 6.93. The van der Waals surface area contributed by atoms with E-state index in [9.17, 15) is 34.6 Å². The third-order valence-corrected chi connectivity index (χ3v) is 4.96. The van der Waals surface area contributed by atoms with Crippen LogP contribution >= 0.6 is 0 Å². The zero-order valence-electron chi connectivity index (χ0n) is 19.3. The Morgan fingerprint density at radius 1 is 0.829 bits per heavy atom. The maximum absolute atomic E-state index is 13.2. The molecule has 0 spiro atoms. The van der Waals surface area contributed by atoms with E-state index in [1.54, 1.807) is 6.92 Å². The molecule has 2 rings (SSSR count). The molecule has 0 heterocycles. The summed E-state index contributed by atoms with van der Waals surface area (Å²) in [5.41, 5.74) is 0.228. The summed E-state index contributed by atoms with van der Waals surface area (Å²) in [6.07, 6.45) is 0. The minimum Gasteiger partial charge on any atom is -0.463 e. The van der Waals surface area contributed by atoms with Crippen LogP contribution in [0.4, 0.5) is 11.4 Å². The second kappa shape index (κ2) is 12.0. The number of hydrogen-bond acceptors (Lipinski definition) is 9. The summed E-state index contributed by atoms with van der Waals surface area (Å²) < 4.78 is 10.2. The topological polar surface area (TPSA) is 159 Å². The van der Waals surface area contributed by atoms with Crippen molar-refractivity contribution < 1.29 is 33.7 Å². The number of rotatable bonds is 10. The lowest BCUT2D eigenvalue weighted by molar-refractivity contribution is -0.385. The highest BCUT2D eigenvalue weighted by atomic mass is 16.6. The lowest BCUT2D eigenvalue weighted by Crippen LogP contribution is -2.34. The molecule has 0 N–H and O–H groups in total. The average Bonchev–Trinajstić information content (AvgIpc) is 2.85. The Kier molecular flexibility index (Phi) is 9.15. The highest BCUT2D eigenvalue weighted by Crippen LogP contribution is 2.19. The number of hydrogen-bond donors (Lipinski definition) is 0. The molecule has 0 atom stereocenters. The Labute approximate surface area is 200 Å². The van der Waals surface area contributed by atoms with E-state index >= 15 is 0 Å². The van der Waals surface area contributed by atoms with Gasteiger partial charge in [0.15, 0.2) is 0 Å². The van der Waals surface area contributed by atoms with Crippen molar-refractivity contribution >= 4 is 29.2 Å². The number of carbonyl (C=O) groups is 3. The number of non-ortho nitro benzene ring substituents is 2. The second-order valence-electron chi connectivity index (χ2n) is 7.13. The lowest BCUT2D eigenvalue weighted by Gasteiger charge is -2.25. The molecule has 0 aliphatic heterocycles. The molecule has 0 aliphatic carbocycles. The van der Waals surface area contributed by atoms with Crippen LogP contribution in [0.3, 0.4) is 0 Å². The van der Waals surface area contributed by atoms with Crippen molar-refractivity contribution in [1.29, 1.82) is 0 Å². The molecule has 0 saturated heterocycles. The molecule has 2 aromatic rings. The summed E-state index contributed by atoms with van der Waals surface area (Å²) in [5, 5.41) is 21.6. The molecule has 0 bridgehead atoms.